The van der Waals surface area contributed by atoms with E-state index < -0.39 is 0 Å². The molecular formula is C16H25N3OS. The molecule has 1 saturated carbocycles. The van der Waals surface area contributed by atoms with Crippen LogP contribution in [0.5, 0.6) is 0 Å². The number of nitrogens with one attached hydrogen (secondary N) is 2. The first-order valence-corrected chi connectivity index (χ1v) is 9.05. The number of pyridine rings is 1. The Morgan fingerprint density at radius 3 is 2.81 bits per heavy atom. The van der Waals surface area contributed by atoms with Crippen LogP contribution in [0.3, 0.4) is 0 Å². The van der Waals surface area contributed by atoms with E-state index in [1.165, 1.54) is 12.8 Å². The monoisotopic (exact) mass is 307 g/mol. The second kappa shape index (κ2) is 8.27. The molecule has 21 heavy (non-hydrogen) atoms. The number of rotatable bonds is 6. The molecule has 0 unspecified atom stereocenters. The molecule has 1 aliphatic rings. The maximum absolute atomic E-state index is 12.5. The van der Waals surface area contributed by atoms with Crippen molar-refractivity contribution in [1.29, 1.82) is 0 Å². The first kappa shape index (κ1) is 16.1. The maximum Gasteiger partial charge on any atom is 0.255 e. The van der Waals surface area contributed by atoms with E-state index in [4.69, 9.17) is 0 Å². The molecule has 5 heteroatoms. The normalized spacial score (nSPS) is 21.8. The van der Waals surface area contributed by atoms with Crippen molar-refractivity contribution in [1.82, 2.24) is 10.3 Å². The predicted octanol–water partition coefficient (Wildman–Crippen LogP) is 3.31. The number of amides is 1. The lowest BCUT2D eigenvalue weighted by molar-refractivity contribution is 0.0928. The van der Waals surface area contributed by atoms with Crippen LogP contribution in [0.1, 0.15) is 49.4 Å². The van der Waals surface area contributed by atoms with Crippen molar-refractivity contribution in [3.05, 3.63) is 24.0 Å². The Morgan fingerprint density at radius 2 is 2.14 bits per heavy atom. The zero-order valence-corrected chi connectivity index (χ0v) is 13.7. The standard InChI is InChI=1S/C16H25N3OS/c1-3-9-18-15-8-10-17-11-14(15)16(20)19-12-4-6-13(21-2)7-5-12/h8,10-13H,3-7,9H2,1-2H3,(H,17,18)(H,19,20). The summed E-state index contributed by atoms with van der Waals surface area (Å²) in [5.74, 6) is -0.00527. The van der Waals surface area contributed by atoms with Gasteiger partial charge in [-0.15, -0.1) is 0 Å². The van der Waals surface area contributed by atoms with Crippen LogP contribution in [0.15, 0.2) is 18.5 Å². The average Bonchev–Trinajstić information content (AvgIpc) is 2.54. The number of carbonyl (C=O) groups is 1. The summed E-state index contributed by atoms with van der Waals surface area (Å²) in [6.45, 7) is 2.97. The third-order valence-corrected chi connectivity index (χ3v) is 5.11. The van der Waals surface area contributed by atoms with Crippen molar-refractivity contribution in [3.63, 3.8) is 0 Å². The van der Waals surface area contributed by atoms with Gasteiger partial charge in [0.15, 0.2) is 0 Å². The van der Waals surface area contributed by atoms with Gasteiger partial charge < -0.3 is 10.6 Å². The van der Waals surface area contributed by atoms with Gasteiger partial charge in [0.2, 0.25) is 0 Å². The molecule has 1 amide bonds. The van der Waals surface area contributed by atoms with Crippen molar-refractivity contribution < 1.29 is 4.79 Å². The summed E-state index contributed by atoms with van der Waals surface area (Å²) in [4.78, 5) is 16.5. The van der Waals surface area contributed by atoms with Crippen LogP contribution in [0.4, 0.5) is 5.69 Å². The number of nitrogens with zero attached hydrogens (tertiary/aromatic N) is 1. The van der Waals surface area contributed by atoms with E-state index in [0.717, 1.165) is 36.7 Å². The lowest BCUT2D eigenvalue weighted by Gasteiger charge is -2.28. The Bertz CT molecular complexity index is 459. The summed E-state index contributed by atoms with van der Waals surface area (Å²) >= 11 is 1.94. The fourth-order valence-corrected chi connectivity index (χ4v) is 3.44. The Kier molecular flexibility index (Phi) is 6.36. The molecule has 116 valence electrons. The van der Waals surface area contributed by atoms with E-state index in [9.17, 15) is 4.79 Å². The highest BCUT2D eigenvalue weighted by Gasteiger charge is 2.23. The highest BCUT2D eigenvalue weighted by molar-refractivity contribution is 7.99. The second-order valence-corrected chi connectivity index (χ2v) is 6.67. The molecule has 0 aliphatic heterocycles. The lowest BCUT2D eigenvalue weighted by Crippen LogP contribution is -2.38. The average molecular weight is 307 g/mol. The Hall–Kier alpha value is -1.23. The molecule has 1 aromatic heterocycles. The number of hydrogen-bond donors (Lipinski definition) is 2. The van der Waals surface area contributed by atoms with Crippen LogP contribution in [0.25, 0.3) is 0 Å². The number of aromatic nitrogens is 1. The van der Waals surface area contributed by atoms with E-state index in [-0.39, 0.29) is 5.91 Å². The minimum absolute atomic E-state index is 0.00527. The Labute approximate surface area is 131 Å². The van der Waals surface area contributed by atoms with Crippen LogP contribution in [0, 0.1) is 0 Å². The molecule has 2 rings (SSSR count). The van der Waals surface area contributed by atoms with Crippen molar-refractivity contribution in [2.75, 3.05) is 18.1 Å². The highest BCUT2D eigenvalue weighted by atomic mass is 32.2. The van der Waals surface area contributed by atoms with E-state index in [0.29, 0.717) is 11.6 Å². The summed E-state index contributed by atoms with van der Waals surface area (Å²) < 4.78 is 0. The van der Waals surface area contributed by atoms with Crippen molar-refractivity contribution in [2.45, 2.75) is 50.3 Å². The van der Waals surface area contributed by atoms with Crippen LogP contribution >= 0.6 is 11.8 Å². The van der Waals surface area contributed by atoms with E-state index in [1.807, 2.05) is 17.8 Å². The van der Waals surface area contributed by atoms with Crippen molar-refractivity contribution >= 4 is 23.4 Å². The molecule has 1 aliphatic carbocycles. The topological polar surface area (TPSA) is 54.0 Å². The number of thioether (sulfide) groups is 1. The summed E-state index contributed by atoms with van der Waals surface area (Å²) in [5.41, 5.74) is 1.53. The predicted molar refractivity (Wildman–Crippen MR) is 90.0 cm³/mol. The minimum atomic E-state index is -0.00527. The van der Waals surface area contributed by atoms with Crippen LogP contribution in [-0.4, -0.2) is 35.0 Å². The smallest absolute Gasteiger partial charge is 0.255 e. The SMILES string of the molecule is CCCNc1ccncc1C(=O)NC1CCC(SC)CC1. The highest BCUT2D eigenvalue weighted by Crippen LogP contribution is 2.27. The van der Waals surface area contributed by atoms with Gasteiger partial charge in [-0.1, -0.05) is 6.92 Å². The first-order chi connectivity index (χ1) is 10.2. The third kappa shape index (κ3) is 4.63. The number of hydrogen-bond acceptors (Lipinski definition) is 4. The minimum Gasteiger partial charge on any atom is -0.384 e. The summed E-state index contributed by atoms with van der Waals surface area (Å²) in [5, 5.41) is 7.22. The van der Waals surface area contributed by atoms with E-state index in [1.54, 1.807) is 12.4 Å². The van der Waals surface area contributed by atoms with Gasteiger partial charge in [-0.25, -0.2) is 0 Å². The fourth-order valence-electron chi connectivity index (χ4n) is 2.70. The molecule has 0 aromatic carbocycles. The number of anilines is 1. The molecule has 4 nitrogen and oxygen atoms in total. The summed E-state index contributed by atoms with van der Waals surface area (Å²) in [6.07, 6.45) is 11.1. The third-order valence-electron chi connectivity index (χ3n) is 3.97. The summed E-state index contributed by atoms with van der Waals surface area (Å²) in [6, 6.07) is 2.18. The van der Waals surface area contributed by atoms with Crippen LogP contribution < -0.4 is 10.6 Å². The van der Waals surface area contributed by atoms with Gasteiger partial charge in [0.1, 0.15) is 0 Å². The van der Waals surface area contributed by atoms with Crippen LogP contribution in [-0.2, 0) is 0 Å². The maximum atomic E-state index is 12.5. The van der Waals surface area contributed by atoms with Gasteiger partial charge in [-0.3, -0.25) is 9.78 Å². The van der Waals surface area contributed by atoms with Gasteiger partial charge in [-0.2, -0.15) is 11.8 Å². The molecule has 1 aromatic rings. The van der Waals surface area contributed by atoms with Crippen molar-refractivity contribution in [3.8, 4) is 0 Å². The molecule has 1 heterocycles. The zero-order valence-electron chi connectivity index (χ0n) is 12.9. The second-order valence-electron chi connectivity index (χ2n) is 5.53. The molecule has 0 atom stereocenters. The molecule has 0 radical (unpaired) electrons. The van der Waals surface area contributed by atoms with Gasteiger partial charge in [0.25, 0.3) is 5.91 Å². The van der Waals surface area contributed by atoms with Gasteiger partial charge in [-0.05, 0) is 44.4 Å². The Morgan fingerprint density at radius 1 is 1.38 bits per heavy atom. The lowest BCUT2D eigenvalue weighted by atomic mass is 9.94. The molecule has 2 N–H and O–H groups in total. The number of carbonyl (C=O) groups excluding carboxylic acids is 1. The Balaban J connectivity index is 1.94. The zero-order chi connectivity index (χ0) is 15.1. The first-order valence-electron chi connectivity index (χ1n) is 7.76. The van der Waals surface area contributed by atoms with Crippen LogP contribution in [0.2, 0.25) is 0 Å². The summed E-state index contributed by atoms with van der Waals surface area (Å²) in [7, 11) is 0. The van der Waals surface area contributed by atoms with Crippen molar-refractivity contribution in [2.24, 2.45) is 0 Å². The van der Waals surface area contributed by atoms with E-state index >= 15 is 0 Å². The molecule has 0 bridgehead atoms. The molecular weight excluding hydrogens is 282 g/mol. The molecule has 0 spiro atoms. The largest absolute Gasteiger partial charge is 0.384 e. The quantitative estimate of drug-likeness (QED) is 0.846. The molecule has 0 saturated heterocycles. The molecule has 1 fully saturated rings. The van der Waals surface area contributed by atoms with Gasteiger partial charge in [0, 0.05) is 30.2 Å². The van der Waals surface area contributed by atoms with Gasteiger partial charge in [0.05, 0.1) is 11.3 Å². The fraction of sp³-hybridized carbons (Fsp3) is 0.625. The van der Waals surface area contributed by atoms with E-state index in [2.05, 4.69) is 28.8 Å². The van der Waals surface area contributed by atoms with Gasteiger partial charge >= 0.3 is 0 Å².